The lowest BCUT2D eigenvalue weighted by molar-refractivity contribution is -0.384. The summed E-state index contributed by atoms with van der Waals surface area (Å²) in [5.41, 5.74) is 2.12. The molecular formula is C13H16N4O4. The van der Waals surface area contributed by atoms with E-state index in [1.807, 2.05) is 6.92 Å². The lowest BCUT2D eigenvalue weighted by atomic mass is 10.2. The molecule has 8 heteroatoms. The Morgan fingerprint density at radius 1 is 1.33 bits per heavy atom. The lowest BCUT2D eigenvalue weighted by Crippen LogP contribution is -2.04. The van der Waals surface area contributed by atoms with Gasteiger partial charge in [0.15, 0.2) is 11.5 Å². The number of aromatic amines is 1. The van der Waals surface area contributed by atoms with Crippen LogP contribution in [0.3, 0.4) is 0 Å². The van der Waals surface area contributed by atoms with E-state index in [0.717, 1.165) is 11.3 Å². The van der Waals surface area contributed by atoms with Gasteiger partial charge in [-0.1, -0.05) is 0 Å². The van der Waals surface area contributed by atoms with E-state index in [2.05, 4.69) is 15.5 Å². The smallest absolute Gasteiger partial charge is 0.296 e. The predicted molar refractivity (Wildman–Crippen MR) is 76.9 cm³/mol. The van der Waals surface area contributed by atoms with Crippen molar-refractivity contribution in [2.24, 2.45) is 0 Å². The number of nitro groups is 1. The SMILES string of the molecule is COc1cc(NCc2cn[nH]c2C)c([N+](=O)[O-])cc1OC. The summed E-state index contributed by atoms with van der Waals surface area (Å²) in [6.45, 7) is 2.30. The molecule has 0 aliphatic rings. The maximum Gasteiger partial charge on any atom is 0.296 e. The van der Waals surface area contributed by atoms with Gasteiger partial charge in [0.2, 0.25) is 0 Å². The van der Waals surface area contributed by atoms with Crippen molar-refractivity contribution >= 4 is 11.4 Å². The highest BCUT2D eigenvalue weighted by molar-refractivity contribution is 5.68. The molecule has 0 aliphatic heterocycles. The fourth-order valence-electron chi connectivity index (χ4n) is 1.91. The molecule has 0 amide bonds. The van der Waals surface area contributed by atoms with Crippen LogP contribution in [0.15, 0.2) is 18.3 Å². The molecule has 0 spiro atoms. The van der Waals surface area contributed by atoms with Crippen molar-refractivity contribution in [1.29, 1.82) is 0 Å². The first-order chi connectivity index (χ1) is 10.1. The van der Waals surface area contributed by atoms with Crippen molar-refractivity contribution in [3.05, 3.63) is 39.7 Å². The molecule has 21 heavy (non-hydrogen) atoms. The summed E-state index contributed by atoms with van der Waals surface area (Å²) in [6, 6.07) is 2.88. The maximum atomic E-state index is 11.2. The van der Waals surface area contributed by atoms with Crippen molar-refractivity contribution in [2.45, 2.75) is 13.5 Å². The second-order valence-corrected chi connectivity index (χ2v) is 4.36. The first kappa shape index (κ1) is 14.6. The molecule has 0 saturated carbocycles. The van der Waals surface area contributed by atoms with E-state index in [-0.39, 0.29) is 5.69 Å². The molecule has 1 aromatic heterocycles. The molecule has 2 N–H and O–H groups in total. The van der Waals surface area contributed by atoms with Crippen LogP contribution in [0, 0.1) is 17.0 Å². The average Bonchev–Trinajstić information content (AvgIpc) is 2.89. The second kappa shape index (κ2) is 6.12. The summed E-state index contributed by atoms with van der Waals surface area (Å²) < 4.78 is 10.2. The van der Waals surface area contributed by atoms with Gasteiger partial charge in [-0.15, -0.1) is 0 Å². The number of benzene rings is 1. The molecule has 1 aromatic carbocycles. The fraction of sp³-hybridized carbons (Fsp3) is 0.308. The number of hydrogen-bond acceptors (Lipinski definition) is 6. The van der Waals surface area contributed by atoms with E-state index in [1.54, 1.807) is 12.3 Å². The Labute approximate surface area is 121 Å². The van der Waals surface area contributed by atoms with Gasteiger partial charge in [-0.25, -0.2) is 0 Å². The molecule has 0 unspecified atom stereocenters. The third kappa shape index (κ3) is 3.04. The van der Waals surface area contributed by atoms with Crippen LogP contribution in [0.25, 0.3) is 0 Å². The van der Waals surface area contributed by atoms with Gasteiger partial charge in [0.05, 0.1) is 31.4 Å². The van der Waals surface area contributed by atoms with Gasteiger partial charge in [0.1, 0.15) is 5.69 Å². The summed E-state index contributed by atoms with van der Waals surface area (Å²) in [7, 11) is 2.91. The van der Waals surface area contributed by atoms with Gasteiger partial charge in [-0.3, -0.25) is 15.2 Å². The maximum absolute atomic E-state index is 11.2. The van der Waals surface area contributed by atoms with Crippen molar-refractivity contribution in [3.8, 4) is 11.5 Å². The zero-order valence-corrected chi connectivity index (χ0v) is 12.0. The molecule has 112 valence electrons. The topological polar surface area (TPSA) is 102 Å². The zero-order chi connectivity index (χ0) is 15.4. The minimum absolute atomic E-state index is 0.0752. The number of rotatable bonds is 6. The number of aromatic nitrogens is 2. The van der Waals surface area contributed by atoms with Gasteiger partial charge >= 0.3 is 0 Å². The van der Waals surface area contributed by atoms with E-state index in [9.17, 15) is 10.1 Å². The highest BCUT2D eigenvalue weighted by atomic mass is 16.6. The summed E-state index contributed by atoms with van der Waals surface area (Å²) in [4.78, 5) is 10.7. The molecule has 0 saturated heterocycles. The number of hydrogen-bond donors (Lipinski definition) is 2. The van der Waals surface area contributed by atoms with E-state index in [0.29, 0.717) is 23.7 Å². The Kier molecular flexibility index (Phi) is 4.27. The number of aryl methyl sites for hydroxylation is 1. The molecule has 1 heterocycles. The first-order valence-corrected chi connectivity index (χ1v) is 6.20. The minimum atomic E-state index is -0.466. The summed E-state index contributed by atoms with van der Waals surface area (Å²) >= 11 is 0. The Morgan fingerprint density at radius 2 is 2.00 bits per heavy atom. The predicted octanol–water partition coefficient (Wildman–Crippen LogP) is 2.26. The highest BCUT2D eigenvalue weighted by Gasteiger charge is 2.19. The number of methoxy groups -OCH3 is 2. The van der Waals surface area contributed by atoms with Crippen molar-refractivity contribution in [3.63, 3.8) is 0 Å². The minimum Gasteiger partial charge on any atom is -0.493 e. The van der Waals surface area contributed by atoms with Crippen LogP contribution in [-0.2, 0) is 6.54 Å². The summed E-state index contributed by atoms with van der Waals surface area (Å²) in [5, 5.41) is 20.9. The second-order valence-electron chi connectivity index (χ2n) is 4.36. The Hall–Kier alpha value is -2.77. The number of nitrogens with one attached hydrogen (secondary N) is 2. The molecule has 2 aromatic rings. The quantitative estimate of drug-likeness (QED) is 0.625. The standard InChI is InChI=1S/C13H16N4O4/c1-8-9(7-15-16-8)6-14-10-4-12(20-2)13(21-3)5-11(10)17(18)19/h4-5,7,14H,6H2,1-3H3,(H,15,16). The lowest BCUT2D eigenvalue weighted by Gasteiger charge is -2.12. The average molecular weight is 292 g/mol. The van der Waals surface area contributed by atoms with Gasteiger partial charge in [-0.2, -0.15) is 5.10 Å². The van der Waals surface area contributed by atoms with Crippen molar-refractivity contribution < 1.29 is 14.4 Å². The van der Waals surface area contributed by atoms with Gasteiger partial charge in [-0.05, 0) is 6.92 Å². The monoisotopic (exact) mass is 292 g/mol. The normalized spacial score (nSPS) is 10.2. The largest absolute Gasteiger partial charge is 0.493 e. The first-order valence-electron chi connectivity index (χ1n) is 6.20. The Bertz CT molecular complexity index is 654. The number of H-pyrrole nitrogens is 1. The number of anilines is 1. The van der Waals surface area contributed by atoms with Crippen LogP contribution < -0.4 is 14.8 Å². The molecule has 0 atom stereocenters. The van der Waals surface area contributed by atoms with E-state index in [4.69, 9.17) is 9.47 Å². The van der Waals surface area contributed by atoms with Crippen molar-refractivity contribution in [1.82, 2.24) is 10.2 Å². The fourth-order valence-corrected chi connectivity index (χ4v) is 1.91. The van der Waals surface area contributed by atoms with Crippen LogP contribution in [0.4, 0.5) is 11.4 Å². The molecule has 2 rings (SSSR count). The zero-order valence-electron chi connectivity index (χ0n) is 12.0. The number of nitro benzene ring substituents is 1. The number of nitrogens with zero attached hydrogens (tertiary/aromatic N) is 2. The molecule has 0 aliphatic carbocycles. The number of ether oxygens (including phenoxy) is 2. The molecule has 0 bridgehead atoms. The van der Waals surface area contributed by atoms with E-state index in [1.165, 1.54) is 20.3 Å². The van der Waals surface area contributed by atoms with Crippen LogP contribution >= 0.6 is 0 Å². The van der Waals surface area contributed by atoms with Crippen molar-refractivity contribution in [2.75, 3.05) is 19.5 Å². The molecule has 0 radical (unpaired) electrons. The van der Waals surface area contributed by atoms with Crippen LogP contribution in [0.5, 0.6) is 11.5 Å². The highest BCUT2D eigenvalue weighted by Crippen LogP contribution is 2.37. The van der Waals surface area contributed by atoms with Gasteiger partial charge in [0, 0.05) is 23.9 Å². The van der Waals surface area contributed by atoms with Crippen LogP contribution in [0.1, 0.15) is 11.3 Å². The van der Waals surface area contributed by atoms with Crippen LogP contribution in [-0.4, -0.2) is 29.3 Å². The van der Waals surface area contributed by atoms with Crippen LogP contribution in [0.2, 0.25) is 0 Å². The Morgan fingerprint density at radius 3 is 2.52 bits per heavy atom. The molecule has 0 fully saturated rings. The third-order valence-corrected chi connectivity index (χ3v) is 3.10. The third-order valence-electron chi connectivity index (χ3n) is 3.10. The Balaban J connectivity index is 2.32. The van der Waals surface area contributed by atoms with E-state index < -0.39 is 4.92 Å². The summed E-state index contributed by atoms with van der Waals surface area (Å²) in [5.74, 6) is 0.740. The molecule has 8 nitrogen and oxygen atoms in total. The van der Waals surface area contributed by atoms with E-state index >= 15 is 0 Å². The molecular weight excluding hydrogens is 276 g/mol. The summed E-state index contributed by atoms with van der Waals surface area (Å²) in [6.07, 6.45) is 1.68. The van der Waals surface area contributed by atoms with Gasteiger partial charge < -0.3 is 14.8 Å². The van der Waals surface area contributed by atoms with Gasteiger partial charge in [0.25, 0.3) is 5.69 Å².